The van der Waals surface area contributed by atoms with Crippen LogP contribution < -0.4 is 11.4 Å². The Bertz CT molecular complexity index is 1360. The second-order valence-corrected chi connectivity index (χ2v) is 6.01. The van der Waals surface area contributed by atoms with Gasteiger partial charge in [0.1, 0.15) is 16.7 Å². The number of phenols is 1. The molecule has 0 saturated carbocycles. The first-order valence-electron chi connectivity index (χ1n) is 7.67. The van der Waals surface area contributed by atoms with E-state index in [1.54, 1.807) is 6.07 Å². The van der Waals surface area contributed by atoms with Gasteiger partial charge in [-0.05, 0) is 24.3 Å². The molecule has 2 heterocycles. The monoisotopic (exact) mass is 347 g/mol. The van der Waals surface area contributed by atoms with Crippen LogP contribution in [0.3, 0.4) is 0 Å². The Balaban J connectivity index is 1.98. The molecule has 0 aliphatic heterocycles. The lowest BCUT2D eigenvalue weighted by atomic mass is 9.87. The summed E-state index contributed by atoms with van der Waals surface area (Å²) in [5.41, 5.74) is 5.41. The summed E-state index contributed by atoms with van der Waals surface area (Å²) in [6, 6.07) is 8.78. The first kappa shape index (κ1) is 14.5. The highest BCUT2D eigenvalue weighted by Crippen LogP contribution is 2.38. The summed E-state index contributed by atoms with van der Waals surface area (Å²) < 4.78 is 10.9. The first-order chi connectivity index (χ1) is 12.5. The van der Waals surface area contributed by atoms with Crippen molar-refractivity contribution in [1.29, 1.82) is 0 Å². The Hall–Kier alpha value is -3.87. The van der Waals surface area contributed by atoms with Crippen LogP contribution in [-0.4, -0.2) is 16.7 Å². The Labute approximate surface area is 144 Å². The van der Waals surface area contributed by atoms with Gasteiger partial charge in [-0.25, -0.2) is 4.79 Å². The van der Waals surface area contributed by atoms with E-state index in [9.17, 15) is 19.5 Å². The molecule has 0 bridgehead atoms. The topological polar surface area (TPSA) is 124 Å². The fourth-order valence-corrected chi connectivity index (χ4v) is 3.37. The second kappa shape index (κ2) is 4.60. The molecule has 5 rings (SSSR count). The highest BCUT2D eigenvalue weighted by molar-refractivity contribution is 6.32. The number of nitrogens with two attached hydrogens (primary N) is 1. The maximum absolute atomic E-state index is 12.9. The minimum absolute atomic E-state index is 0.0114. The maximum Gasteiger partial charge on any atom is 0.348 e. The average Bonchev–Trinajstić information content (AvgIpc) is 3.02. The minimum Gasteiger partial charge on any atom is -0.507 e. The predicted molar refractivity (Wildman–Crippen MR) is 91.6 cm³/mol. The molecule has 0 fully saturated rings. The Morgan fingerprint density at radius 3 is 2.54 bits per heavy atom. The van der Waals surface area contributed by atoms with Gasteiger partial charge in [-0.2, -0.15) is 0 Å². The zero-order chi connectivity index (χ0) is 18.2. The van der Waals surface area contributed by atoms with Gasteiger partial charge in [0.2, 0.25) is 5.78 Å². The molecule has 0 atom stereocenters. The van der Waals surface area contributed by atoms with E-state index < -0.39 is 17.2 Å². The third kappa shape index (κ3) is 1.63. The number of rotatable bonds is 0. The largest absolute Gasteiger partial charge is 0.507 e. The highest BCUT2D eigenvalue weighted by atomic mass is 16.4. The number of hydrogen-bond acceptors (Lipinski definition) is 7. The lowest BCUT2D eigenvalue weighted by Gasteiger charge is -2.13. The first-order valence-corrected chi connectivity index (χ1v) is 7.67. The zero-order valence-corrected chi connectivity index (χ0v) is 13.0. The number of benzene rings is 2. The molecule has 26 heavy (non-hydrogen) atoms. The molecular formula is C19H9NO6. The second-order valence-electron chi connectivity index (χ2n) is 6.01. The number of ketones is 2. The van der Waals surface area contributed by atoms with Gasteiger partial charge in [0.25, 0.3) is 0 Å². The van der Waals surface area contributed by atoms with Crippen molar-refractivity contribution in [2.45, 2.75) is 0 Å². The number of carbonyl (C=O) groups is 2. The summed E-state index contributed by atoms with van der Waals surface area (Å²) >= 11 is 0. The number of nitrogen functional groups attached to an aromatic ring is 1. The molecule has 3 N–H and O–H groups in total. The van der Waals surface area contributed by atoms with Gasteiger partial charge in [0.15, 0.2) is 17.1 Å². The predicted octanol–water partition coefficient (Wildman–Crippen LogP) is 2.60. The third-order valence-corrected chi connectivity index (χ3v) is 4.51. The molecular weight excluding hydrogens is 338 g/mol. The zero-order valence-electron chi connectivity index (χ0n) is 13.0. The van der Waals surface area contributed by atoms with E-state index in [1.807, 2.05) is 0 Å². The summed E-state index contributed by atoms with van der Waals surface area (Å²) in [5, 5.41) is 10.3. The average molecular weight is 347 g/mol. The van der Waals surface area contributed by atoms with Gasteiger partial charge < -0.3 is 19.7 Å². The molecule has 7 heteroatoms. The molecule has 1 aliphatic rings. The number of carbonyl (C=O) groups excluding carboxylic acids is 2. The summed E-state index contributed by atoms with van der Waals surface area (Å²) in [4.78, 5) is 38.2. The van der Waals surface area contributed by atoms with Crippen molar-refractivity contribution in [2.24, 2.45) is 0 Å². The summed E-state index contributed by atoms with van der Waals surface area (Å²) in [5.74, 6) is -1.87. The van der Waals surface area contributed by atoms with Gasteiger partial charge in [-0.1, -0.05) is 12.1 Å². The molecule has 4 aromatic rings. The molecule has 126 valence electrons. The number of furan rings is 1. The number of phenolic OH excluding ortho intramolecular Hbond substituents is 1. The van der Waals surface area contributed by atoms with Crippen LogP contribution in [0.15, 0.2) is 50.0 Å². The van der Waals surface area contributed by atoms with Crippen molar-refractivity contribution in [1.82, 2.24) is 0 Å². The SMILES string of the molecule is Nc1ccc2oc(=O)c3c4c(oc3c2c1)C(=O)c1c(O)cccc1C4=O. The number of anilines is 1. The lowest BCUT2D eigenvalue weighted by molar-refractivity contribution is 0.0959. The third-order valence-electron chi connectivity index (χ3n) is 4.51. The van der Waals surface area contributed by atoms with E-state index in [-0.39, 0.29) is 44.8 Å². The van der Waals surface area contributed by atoms with Crippen molar-refractivity contribution in [2.75, 3.05) is 5.73 Å². The smallest absolute Gasteiger partial charge is 0.348 e. The van der Waals surface area contributed by atoms with Crippen LogP contribution in [0.5, 0.6) is 5.75 Å². The normalized spacial score (nSPS) is 13.2. The van der Waals surface area contributed by atoms with Crippen molar-refractivity contribution in [3.8, 4) is 5.75 Å². The number of fused-ring (bicyclic) bond motifs is 6. The van der Waals surface area contributed by atoms with Crippen LogP contribution in [0.1, 0.15) is 32.0 Å². The van der Waals surface area contributed by atoms with E-state index in [0.29, 0.717) is 11.1 Å². The molecule has 1 aliphatic carbocycles. The molecule has 7 nitrogen and oxygen atoms in total. The van der Waals surface area contributed by atoms with Gasteiger partial charge in [0.05, 0.1) is 16.5 Å². The highest BCUT2D eigenvalue weighted by Gasteiger charge is 2.38. The molecule has 2 aromatic heterocycles. The van der Waals surface area contributed by atoms with Crippen molar-refractivity contribution in [3.05, 3.63) is 69.3 Å². The molecule has 0 spiro atoms. The molecule has 2 aromatic carbocycles. The molecule has 0 amide bonds. The Morgan fingerprint density at radius 1 is 0.923 bits per heavy atom. The van der Waals surface area contributed by atoms with Gasteiger partial charge in [0, 0.05) is 11.3 Å². The van der Waals surface area contributed by atoms with Gasteiger partial charge in [-0.3, -0.25) is 9.59 Å². The van der Waals surface area contributed by atoms with Crippen LogP contribution in [0.2, 0.25) is 0 Å². The quantitative estimate of drug-likeness (QED) is 0.326. The fraction of sp³-hybridized carbons (Fsp3) is 0. The van der Waals surface area contributed by atoms with Gasteiger partial charge >= 0.3 is 5.63 Å². The van der Waals surface area contributed by atoms with Crippen LogP contribution in [0.25, 0.3) is 21.9 Å². The summed E-state index contributed by atoms with van der Waals surface area (Å²) in [6.07, 6.45) is 0. The fourth-order valence-electron chi connectivity index (χ4n) is 3.37. The Kier molecular flexibility index (Phi) is 2.56. The lowest BCUT2D eigenvalue weighted by Crippen LogP contribution is -2.20. The van der Waals surface area contributed by atoms with E-state index in [4.69, 9.17) is 14.6 Å². The van der Waals surface area contributed by atoms with Crippen molar-refractivity contribution >= 4 is 39.2 Å². The Morgan fingerprint density at radius 2 is 1.73 bits per heavy atom. The van der Waals surface area contributed by atoms with E-state index in [1.165, 1.54) is 30.3 Å². The standard InChI is InChI=1S/C19H9NO6/c20-7-4-5-11-9(6-7)17-14(19(24)25-11)13-15(22)8-2-1-3-10(21)12(8)16(23)18(13)26-17/h1-6,21H,20H2. The minimum atomic E-state index is -0.785. The number of aromatic hydroxyl groups is 1. The van der Waals surface area contributed by atoms with E-state index >= 15 is 0 Å². The molecule has 0 radical (unpaired) electrons. The van der Waals surface area contributed by atoms with Crippen LogP contribution in [0, 0.1) is 0 Å². The van der Waals surface area contributed by atoms with Crippen LogP contribution in [-0.2, 0) is 0 Å². The van der Waals surface area contributed by atoms with E-state index in [2.05, 4.69) is 0 Å². The van der Waals surface area contributed by atoms with Crippen molar-refractivity contribution in [3.63, 3.8) is 0 Å². The van der Waals surface area contributed by atoms with Crippen LogP contribution in [0.4, 0.5) is 5.69 Å². The van der Waals surface area contributed by atoms with Crippen LogP contribution >= 0.6 is 0 Å². The maximum atomic E-state index is 12.9. The molecule has 0 unspecified atom stereocenters. The van der Waals surface area contributed by atoms with E-state index in [0.717, 1.165) is 0 Å². The van der Waals surface area contributed by atoms with Gasteiger partial charge in [-0.15, -0.1) is 0 Å². The number of hydrogen-bond donors (Lipinski definition) is 2. The summed E-state index contributed by atoms with van der Waals surface area (Å²) in [7, 11) is 0. The summed E-state index contributed by atoms with van der Waals surface area (Å²) in [6.45, 7) is 0. The van der Waals surface area contributed by atoms with Crippen molar-refractivity contribution < 1.29 is 23.5 Å². The molecule has 0 saturated heterocycles.